The Balaban J connectivity index is 1.59. The van der Waals surface area contributed by atoms with Gasteiger partial charge >= 0.3 is 0 Å². The first-order chi connectivity index (χ1) is 14.9. The topological polar surface area (TPSA) is 87.6 Å². The van der Waals surface area contributed by atoms with Crippen LogP contribution in [0.1, 0.15) is 42.3 Å². The lowest BCUT2D eigenvalue weighted by atomic mass is 9.96. The summed E-state index contributed by atoms with van der Waals surface area (Å²) >= 11 is 0. The lowest BCUT2D eigenvalue weighted by Crippen LogP contribution is -2.40. The molecular weight excluding hydrogens is 390 g/mol. The zero-order valence-corrected chi connectivity index (χ0v) is 18.9. The number of guanidine groups is 1. The molecule has 3 N–H and O–H groups in total. The summed E-state index contributed by atoms with van der Waals surface area (Å²) in [6.45, 7) is 9.97. The molecule has 2 aromatic heterocycles. The third-order valence-corrected chi connectivity index (χ3v) is 5.15. The molecule has 1 aromatic carbocycles. The molecule has 0 saturated heterocycles. The maximum atomic E-state index is 10.9. The number of aryl methyl sites for hydroxylation is 2. The van der Waals surface area contributed by atoms with Crippen LogP contribution in [0.4, 0.5) is 0 Å². The van der Waals surface area contributed by atoms with Gasteiger partial charge < -0.3 is 24.7 Å². The van der Waals surface area contributed by atoms with E-state index in [9.17, 15) is 5.11 Å². The van der Waals surface area contributed by atoms with E-state index in [0.29, 0.717) is 12.5 Å². The summed E-state index contributed by atoms with van der Waals surface area (Å²) in [4.78, 5) is 9.10. The van der Waals surface area contributed by atoms with Gasteiger partial charge in [0.2, 0.25) is 0 Å². The zero-order valence-electron chi connectivity index (χ0n) is 18.9. The minimum atomic E-state index is -1.10. The number of nitrogens with one attached hydrogen (secondary N) is 2. The first-order valence-electron chi connectivity index (χ1n) is 10.7. The molecule has 3 rings (SSSR count). The number of furan rings is 1. The maximum absolute atomic E-state index is 10.9. The Labute approximate surface area is 184 Å². The number of hydrogen-bond acceptors (Lipinski definition) is 4. The highest BCUT2D eigenvalue weighted by Gasteiger charge is 2.27. The molecule has 0 spiro atoms. The van der Waals surface area contributed by atoms with Gasteiger partial charge in [-0.05, 0) is 39.3 Å². The molecule has 1 atom stereocenters. The molecule has 0 saturated carbocycles. The second kappa shape index (κ2) is 10.3. The minimum Gasteiger partial charge on any atom is -0.466 e. The fraction of sp³-hybridized carbons (Fsp3) is 0.417. The van der Waals surface area contributed by atoms with Gasteiger partial charge in [0, 0.05) is 44.0 Å². The summed E-state index contributed by atoms with van der Waals surface area (Å²) in [5, 5.41) is 17.5. The van der Waals surface area contributed by atoms with Gasteiger partial charge in [0.05, 0.1) is 6.54 Å². The highest BCUT2D eigenvalue weighted by atomic mass is 16.3. The predicted molar refractivity (Wildman–Crippen MR) is 123 cm³/mol. The van der Waals surface area contributed by atoms with Crippen LogP contribution in [-0.2, 0) is 18.6 Å². The van der Waals surface area contributed by atoms with Crippen molar-refractivity contribution < 1.29 is 9.52 Å². The molecule has 7 nitrogen and oxygen atoms in total. The SMILES string of the molecule is CCNC(=NCC(C)(O)c1cc(C)oc1C)NCCc1nccn1Cc1ccccc1. The second-order valence-electron chi connectivity index (χ2n) is 7.93. The molecular formula is C24H33N5O2. The van der Waals surface area contributed by atoms with Gasteiger partial charge in [0.25, 0.3) is 0 Å². The molecule has 2 heterocycles. The van der Waals surface area contributed by atoms with Crippen molar-refractivity contribution in [3.63, 3.8) is 0 Å². The Bertz CT molecular complexity index is 989. The third kappa shape index (κ3) is 6.21. The highest BCUT2D eigenvalue weighted by molar-refractivity contribution is 5.79. The molecule has 0 aliphatic carbocycles. The van der Waals surface area contributed by atoms with Crippen LogP contribution in [0.15, 0.2) is 58.2 Å². The van der Waals surface area contributed by atoms with Crippen LogP contribution >= 0.6 is 0 Å². The van der Waals surface area contributed by atoms with E-state index in [0.717, 1.165) is 42.4 Å². The van der Waals surface area contributed by atoms with E-state index >= 15 is 0 Å². The van der Waals surface area contributed by atoms with E-state index < -0.39 is 5.60 Å². The minimum absolute atomic E-state index is 0.227. The van der Waals surface area contributed by atoms with E-state index in [2.05, 4.69) is 37.3 Å². The van der Waals surface area contributed by atoms with Crippen LogP contribution in [0.2, 0.25) is 0 Å². The summed E-state index contributed by atoms with van der Waals surface area (Å²) in [6, 6.07) is 12.2. The van der Waals surface area contributed by atoms with E-state index in [1.807, 2.05) is 57.4 Å². The highest BCUT2D eigenvalue weighted by Crippen LogP contribution is 2.27. The fourth-order valence-electron chi connectivity index (χ4n) is 3.61. The van der Waals surface area contributed by atoms with Crippen LogP contribution < -0.4 is 10.6 Å². The number of hydrogen-bond donors (Lipinski definition) is 3. The van der Waals surface area contributed by atoms with E-state index in [1.165, 1.54) is 5.56 Å². The zero-order chi connectivity index (χ0) is 22.3. The maximum Gasteiger partial charge on any atom is 0.191 e. The second-order valence-corrected chi connectivity index (χ2v) is 7.93. The molecule has 1 unspecified atom stereocenters. The number of imidazole rings is 1. The van der Waals surface area contributed by atoms with Gasteiger partial charge in [-0.15, -0.1) is 0 Å². The van der Waals surface area contributed by atoms with Gasteiger partial charge in [-0.25, -0.2) is 9.98 Å². The Morgan fingerprint density at radius 2 is 2.00 bits per heavy atom. The molecule has 0 fully saturated rings. The normalized spacial score (nSPS) is 13.8. The molecule has 0 aliphatic heterocycles. The summed E-state index contributed by atoms with van der Waals surface area (Å²) in [7, 11) is 0. The van der Waals surface area contributed by atoms with Crippen molar-refractivity contribution in [2.45, 2.75) is 46.3 Å². The molecule has 0 bridgehead atoms. The van der Waals surface area contributed by atoms with Crippen LogP contribution in [0.25, 0.3) is 0 Å². The van der Waals surface area contributed by atoms with Crippen molar-refractivity contribution in [1.29, 1.82) is 0 Å². The van der Waals surface area contributed by atoms with Gasteiger partial charge in [-0.2, -0.15) is 0 Å². The number of aliphatic hydroxyl groups is 1. The summed E-state index contributed by atoms with van der Waals surface area (Å²) < 4.78 is 7.73. The molecule has 31 heavy (non-hydrogen) atoms. The van der Waals surface area contributed by atoms with Crippen molar-refractivity contribution in [2.75, 3.05) is 19.6 Å². The molecule has 7 heteroatoms. The fourth-order valence-corrected chi connectivity index (χ4v) is 3.61. The van der Waals surface area contributed by atoms with Crippen LogP contribution in [0.3, 0.4) is 0 Å². The number of benzene rings is 1. The predicted octanol–water partition coefficient (Wildman–Crippen LogP) is 3.15. The van der Waals surface area contributed by atoms with Crippen molar-refractivity contribution in [3.05, 3.63) is 77.3 Å². The molecule has 3 aromatic rings. The Morgan fingerprint density at radius 1 is 1.23 bits per heavy atom. The van der Waals surface area contributed by atoms with Crippen molar-refractivity contribution >= 4 is 5.96 Å². The van der Waals surface area contributed by atoms with Crippen molar-refractivity contribution in [3.8, 4) is 0 Å². The number of rotatable bonds is 9. The lowest BCUT2D eigenvalue weighted by molar-refractivity contribution is 0.0657. The molecule has 166 valence electrons. The summed E-state index contributed by atoms with van der Waals surface area (Å²) in [5.41, 5.74) is 0.917. The van der Waals surface area contributed by atoms with Crippen LogP contribution in [-0.4, -0.2) is 40.3 Å². The van der Waals surface area contributed by atoms with Crippen LogP contribution in [0.5, 0.6) is 0 Å². The van der Waals surface area contributed by atoms with Crippen molar-refractivity contribution in [1.82, 2.24) is 20.2 Å². The van der Waals surface area contributed by atoms with Gasteiger partial charge in [-0.1, -0.05) is 30.3 Å². The number of nitrogens with zero attached hydrogens (tertiary/aromatic N) is 3. The first kappa shape index (κ1) is 22.6. The van der Waals surface area contributed by atoms with E-state index in [4.69, 9.17) is 4.42 Å². The van der Waals surface area contributed by atoms with Gasteiger partial charge in [-0.3, -0.25) is 0 Å². The first-order valence-corrected chi connectivity index (χ1v) is 10.7. The summed E-state index contributed by atoms with van der Waals surface area (Å²) in [5.74, 6) is 3.19. The lowest BCUT2D eigenvalue weighted by Gasteiger charge is -2.21. The van der Waals surface area contributed by atoms with Gasteiger partial charge in [0.1, 0.15) is 22.9 Å². The average molecular weight is 424 g/mol. The monoisotopic (exact) mass is 423 g/mol. The molecule has 0 aliphatic rings. The van der Waals surface area contributed by atoms with Crippen molar-refractivity contribution in [2.24, 2.45) is 4.99 Å². The van der Waals surface area contributed by atoms with E-state index in [-0.39, 0.29) is 6.54 Å². The smallest absolute Gasteiger partial charge is 0.191 e. The Kier molecular flexibility index (Phi) is 7.52. The van der Waals surface area contributed by atoms with Crippen LogP contribution in [0, 0.1) is 13.8 Å². The Morgan fingerprint density at radius 3 is 2.68 bits per heavy atom. The third-order valence-electron chi connectivity index (χ3n) is 5.15. The quantitative estimate of drug-likeness (QED) is 0.364. The number of aromatic nitrogens is 2. The number of aliphatic imine (C=N–C) groups is 1. The average Bonchev–Trinajstić information content (AvgIpc) is 3.32. The molecule has 0 amide bonds. The van der Waals surface area contributed by atoms with E-state index in [1.54, 1.807) is 6.92 Å². The standard InChI is InChI=1S/C24H33N5O2/c1-5-25-23(28-17-24(4,30)21-15-18(2)31-19(21)3)27-12-11-22-26-13-14-29(22)16-20-9-7-6-8-10-20/h6-10,13-15,30H,5,11-12,16-17H2,1-4H3,(H2,25,27,28). The van der Waals surface area contributed by atoms with Gasteiger partial charge in [0.15, 0.2) is 5.96 Å². The largest absolute Gasteiger partial charge is 0.466 e. The molecule has 0 radical (unpaired) electrons. The Hall–Kier alpha value is -3.06. The summed E-state index contributed by atoms with van der Waals surface area (Å²) in [6.07, 6.45) is 4.61.